The summed E-state index contributed by atoms with van der Waals surface area (Å²) in [5, 5.41) is 0. The Kier molecular flexibility index (Phi) is 5.22. The SMILES string of the molecule is COOCCN(C)Cc1ccccc1. The van der Waals surface area contributed by atoms with Gasteiger partial charge in [-0.05, 0) is 12.6 Å². The minimum atomic E-state index is 0.597. The van der Waals surface area contributed by atoms with Crippen LogP contribution < -0.4 is 0 Å². The van der Waals surface area contributed by atoms with Gasteiger partial charge in [-0.1, -0.05) is 30.3 Å². The lowest BCUT2D eigenvalue weighted by Gasteiger charge is -2.15. The molecule has 1 aromatic rings. The molecule has 0 aromatic heterocycles. The van der Waals surface area contributed by atoms with Gasteiger partial charge in [-0.25, -0.2) is 9.78 Å². The third kappa shape index (κ3) is 4.37. The predicted molar refractivity (Wildman–Crippen MR) is 55.7 cm³/mol. The molecule has 0 aliphatic rings. The van der Waals surface area contributed by atoms with Crippen molar-refractivity contribution >= 4 is 0 Å². The molecule has 0 spiro atoms. The molecule has 0 amide bonds. The van der Waals surface area contributed by atoms with Crippen LogP contribution in [0.1, 0.15) is 5.56 Å². The molecule has 0 saturated carbocycles. The highest BCUT2D eigenvalue weighted by Gasteiger charge is 1.99. The van der Waals surface area contributed by atoms with E-state index >= 15 is 0 Å². The molecule has 3 nitrogen and oxygen atoms in total. The summed E-state index contributed by atoms with van der Waals surface area (Å²) >= 11 is 0. The second-order valence-electron chi connectivity index (χ2n) is 3.21. The molecule has 1 aromatic carbocycles. The van der Waals surface area contributed by atoms with Gasteiger partial charge in [0, 0.05) is 13.1 Å². The molecule has 3 heteroatoms. The van der Waals surface area contributed by atoms with Crippen LogP contribution in [0.2, 0.25) is 0 Å². The van der Waals surface area contributed by atoms with Crippen LogP contribution in [-0.2, 0) is 16.3 Å². The largest absolute Gasteiger partial charge is 0.300 e. The first-order valence-corrected chi connectivity index (χ1v) is 4.71. The normalized spacial score (nSPS) is 10.8. The van der Waals surface area contributed by atoms with E-state index in [4.69, 9.17) is 4.89 Å². The summed E-state index contributed by atoms with van der Waals surface area (Å²) in [5.41, 5.74) is 1.31. The van der Waals surface area contributed by atoms with Gasteiger partial charge in [-0.3, -0.25) is 4.90 Å². The van der Waals surface area contributed by atoms with Crippen LogP contribution in [0.25, 0.3) is 0 Å². The van der Waals surface area contributed by atoms with E-state index in [2.05, 4.69) is 41.1 Å². The highest BCUT2D eigenvalue weighted by atomic mass is 17.2. The summed E-state index contributed by atoms with van der Waals surface area (Å²) < 4.78 is 0. The quantitative estimate of drug-likeness (QED) is 0.392. The van der Waals surface area contributed by atoms with Crippen molar-refractivity contribution in [2.75, 3.05) is 27.3 Å². The Labute approximate surface area is 85.2 Å². The Balaban J connectivity index is 2.23. The molecule has 0 N–H and O–H groups in total. The van der Waals surface area contributed by atoms with Gasteiger partial charge >= 0.3 is 0 Å². The molecule has 1 rings (SSSR count). The van der Waals surface area contributed by atoms with Crippen LogP contribution in [0.15, 0.2) is 30.3 Å². The Hall–Kier alpha value is -0.900. The van der Waals surface area contributed by atoms with Gasteiger partial charge in [0.05, 0.1) is 13.7 Å². The number of hydrogen-bond acceptors (Lipinski definition) is 3. The van der Waals surface area contributed by atoms with Gasteiger partial charge in [0.1, 0.15) is 0 Å². The molecular weight excluding hydrogens is 178 g/mol. The third-order valence-electron chi connectivity index (χ3n) is 1.97. The van der Waals surface area contributed by atoms with Gasteiger partial charge in [0.15, 0.2) is 0 Å². The van der Waals surface area contributed by atoms with E-state index in [9.17, 15) is 0 Å². The predicted octanol–water partition coefficient (Wildman–Crippen LogP) is 1.70. The standard InChI is InChI=1S/C11H17NO2/c1-12(8-9-14-13-2)10-11-6-4-3-5-7-11/h3-7H,8-10H2,1-2H3. The highest BCUT2D eigenvalue weighted by Crippen LogP contribution is 2.01. The fourth-order valence-corrected chi connectivity index (χ4v) is 1.25. The number of nitrogens with zero attached hydrogens (tertiary/aromatic N) is 1. The summed E-state index contributed by atoms with van der Waals surface area (Å²) in [5.74, 6) is 0. The number of hydrogen-bond donors (Lipinski definition) is 0. The molecule has 0 aliphatic carbocycles. The second kappa shape index (κ2) is 6.54. The van der Waals surface area contributed by atoms with E-state index in [1.807, 2.05) is 6.07 Å². The molecule has 0 aliphatic heterocycles. The Bertz CT molecular complexity index is 238. The average molecular weight is 195 g/mol. The smallest absolute Gasteiger partial charge is 0.0949 e. The van der Waals surface area contributed by atoms with Crippen LogP contribution in [0.5, 0.6) is 0 Å². The molecule has 0 atom stereocenters. The van der Waals surface area contributed by atoms with E-state index in [0.29, 0.717) is 6.61 Å². The maximum atomic E-state index is 4.80. The maximum absolute atomic E-state index is 4.80. The van der Waals surface area contributed by atoms with Crippen LogP contribution in [0, 0.1) is 0 Å². The molecule has 0 heterocycles. The van der Waals surface area contributed by atoms with Crippen LogP contribution in [-0.4, -0.2) is 32.2 Å². The van der Waals surface area contributed by atoms with Gasteiger partial charge in [0.25, 0.3) is 0 Å². The van der Waals surface area contributed by atoms with Gasteiger partial charge < -0.3 is 0 Å². The Morgan fingerprint density at radius 3 is 2.57 bits per heavy atom. The van der Waals surface area contributed by atoms with E-state index in [0.717, 1.165) is 13.1 Å². The van der Waals surface area contributed by atoms with Crippen LogP contribution in [0.3, 0.4) is 0 Å². The molecule has 14 heavy (non-hydrogen) atoms. The minimum absolute atomic E-state index is 0.597. The van der Waals surface area contributed by atoms with E-state index < -0.39 is 0 Å². The topological polar surface area (TPSA) is 21.7 Å². The first-order valence-electron chi connectivity index (χ1n) is 4.71. The summed E-state index contributed by atoms with van der Waals surface area (Å²) in [6.07, 6.45) is 0. The highest BCUT2D eigenvalue weighted by molar-refractivity contribution is 5.14. The second-order valence-corrected chi connectivity index (χ2v) is 3.21. The molecule has 0 fully saturated rings. The Morgan fingerprint density at radius 1 is 1.21 bits per heavy atom. The maximum Gasteiger partial charge on any atom is 0.0949 e. The molecular formula is C11H17NO2. The van der Waals surface area contributed by atoms with Crippen LogP contribution in [0.4, 0.5) is 0 Å². The number of rotatable bonds is 6. The van der Waals surface area contributed by atoms with Crippen molar-refractivity contribution in [1.29, 1.82) is 0 Å². The summed E-state index contributed by atoms with van der Waals surface area (Å²) in [6.45, 7) is 2.40. The lowest BCUT2D eigenvalue weighted by molar-refractivity contribution is -0.273. The Morgan fingerprint density at radius 2 is 1.93 bits per heavy atom. The summed E-state index contributed by atoms with van der Waals surface area (Å²) in [6, 6.07) is 10.4. The van der Waals surface area contributed by atoms with Gasteiger partial charge in [-0.15, -0.1) is 0 Å². The van der Waals surface area contributed by atoms with Crippen molar-refractivity contribution in [2.24, 2.45) is 0 Å². The van der Waals surface area contributed by atoms with Gasteiger partial charge in [-0.2, -0.15) is 0 Å². The average Bonchev–Trinajstić information content (AvgIpc) is 2.20. The summed E-state index contributed by atoms with van der Waals surface area (Å²) in [7, 11) is 3.59. The zero-order valence-electron chi connectivity index (χ0n) is 8.77. The van der Waals surface area contributed by atoms with E-state index in [1.165, 1.54) is 12.7 Å². The van der Waals surface area contributed by atoms with Crippen molar-refractivity contribution in [3.63, 3.8) is 0 Å². The van der Waals surface area contributed by atoms with Crippen molar-refractivity contribution in [3.8, 4) is 0 Å². The van der Waals surface area contributed by atoms with Gasteiger partial charge in [0.2, 0.25) is 0 Å². The molecule has 0 radical (unpaired) electrons. The van der Waals surface area contributed by atoms with Crippen molar-refractivity contribution in [2.45, 2.75) is 6.54 Å². The molecule has 0 unspecified atom stereocenters. The van der Waals surface area contributed by atoms with Crippen molar-refractivity contribution in [3.05, 3.63) is 35.9 Å². The first-order chi connectivity index (χ1) is 6.83. The molecule has 0 saturated heterocycles. The zero-order chi connectivity index (χ0) is 10.2. The minimum Gasteiger partial charge on any atom is -0.300 e. The monoisotopic (exact) mass is 195 g/mol. The van der Waals surface area contributed by atoms with E-state index in [1.54, 1.807) is 0 Å². The lowest BCUT2D eigenvalue weighted by Crippen LogP contribution is -2.22. The summed E-state index contributed by atoms with van der Waals surface area (Å²) in [4.78, 5) is 11.5. The molecule has 0 bridgehead atoms. The number of benzene rings is 1. The fourth-order valence-electron chi connectivity index (χ4n) is 1.25. The first kappa shape index (κ1) is 11.2. The zero-order valence-corrected chi connectivity index (χ0v) is 8.77. The van der Waals surface area contributed by atoms with Crippen LogP contribution >= 0.6 is 0 Å². The van der Waals surface area contributed by atoms with Crippen molar-refractivity contribution in [1.82, 2.24) is 4.90 Å². The molecule has 78 valence electrons. The fraction of sp³-hybridized carbons (Fsp3) is 0.455. The number of likely N-dealkylation sites (N-methyl/N-ethyl adjacent to an activating group) is 1. The third-order valence-corrected chi connectivity index (χ3v) is 1.97. The lowest BCUT2D eigenvalue weighted by atomic mass is 10.2. The van der Waals surface area contributed by atoms with E-state index in [-0.39, 0.29) is 0 Å². The van der Waals surface area contributed by atoms with Crippen molar-refractivity contribution < 1.29 is 9.78 Å².